The van der Waals surface area contributed by atoms with E-state index in [0.717, 1.165) is 32.2 Å². The summed E-state index contributed by atoms with van der Waals surface area (Å²) >= 11 is 0. The van der Waals surface area contributed by atoms with Gasteiger partial charge in [0.15, 0.2) is 0 Å². The molecule has 0 bridgehead atoms. The molecule has 0 aliphatic carbocycles. The number of halogens is 2. The lowest BCUT2D eigenvalue weighted by Gasteiger charge is -2.33. The lowest BCUT2D eigenvalue weighted by atomic mass is 9.97. The Bertz CT molecular complexity index is 430. The third-order valence-electron chi connectivity index (χ3n) is 4.26. The molecule has 0 radical (unpaired) electrons. The molecule has 1 heterocycles. The summed E-state index contributed by atoms with van der Waals surface area (Å²) in [6, 6.07) is 3.85. The average molecular weight is 282 g/mol. The SMILES string of the molecule is CCN(CC1CCCNC1)C(C)c1ccc(F)cc1F. The molecule has 2 nitrogen and oxygen atoms in total. The first-order valence-corrected chi connectivity index (χ1v) is 7.51. The second kappa shape index (κ2) is 7.14. The summed E-state index contributed by atoms with van der Waals surface area (Å²) in [6.07, 6.45) is 2.43. The van der Waals surface area contributed by atoms with Crippen LogP contribution in [-0.2, 0) is 0 Å². The smallest absolute Gasteiger partial charge is 0.130 e. The lowest BCUT2D eigenvalue weighted by molar-refractivity contribution is 0.168. The molecule has 1 aromatic carbocycles. The van der Waals surface area contributed by atoms with Crippen LogP contribution in [0.15, 0.2) is 18.2 Å². The monoisotopic (exact) mass is 282 g/mol. The highest BCUT2D eigenvalue weighted by Gasteiger charge is 2.22. The summed E-state index contributed by atoms with van der Waals surface area (Å²) in [7, 11) is 0. The van der Waals surface area contributed by atoms with Gasteiger partial charge < -0.3 is 5.32 Å². The van der Waals surface area contributed by atoms with Crippen LogP contribution in [0, 0.1) is 17.6 Å². The number of hydrogen-bond donors (Lipinski definition) is 1. The molecular weight excluding hydrogens is 258 g/mol. The van der Waals surface area contributed by atoms with Crippen molar-refractivity contribution in [2.75, 3.05) is 26.2 Å². The molecular formula is C16H24F2N2. The minimum absolute atomic E-state index is 0.0254. The fraction of sp³-hybridized carbons (Fsp3) is 0.625. The van der Waals surface area contributed by atoms with Gasteiger partial charge in [0, 0.05) is 24.2 Å². The Balaban J connectivity index is 2.05. The maximum Gasteiger partial charge on any atom is 0.130 e. The van der Waals surface area contributed by atoms with E-state index < -0.39 is 11.6 Å². The topological polar surface area (TPSA) is 15.3 Å². The Kier molecular flexibility index (Phi) is 5.49. The van der Waals surface area contributed by atoms with Gasteiger partial charge in [0.2, 0.25) is 0 Å². The van der Waals surface area contributed by atoms with Gasteiger partial charge in [0.1, 0.15) is 11.6 Å². The molecule has 0 saturated carbocycles. The molecule has 2 rings (SSSR count). The molecule has 0 spiro atoms. The number of hydrogen-bond acceptors (Lipinski definition) is 2. The molecule has 1 fully saturated rings. The van der Waals surface area contributed by atoms with Crippen LogP contribution in [0.25, 0.3) is 0 Å². The molecule has 112 valence electrons. The van der Waals surface area contributed by atoms with Crippen LogP contribution in [0.1, 0.15) is 38.3 Å². The maximum atomic E-state index is 13.9. The van der Waals surface area contributed by atoms with Crippen LogP contribution in [0.5, 0.6) is 0 Å². The van der Waals surface area contributed by atoms with Crippen molar-refractivity contribution in [2.45, 2.75) is 32.7 Å². The van der Waals surface area contributed by atoms with Gasteiger partial charge in [-0.2, -0.15) is 0 Å². The Hall–Kier alpha value is -1.00. The van der Waals surface area contributed by atoms with E-state index in [9.17, 15) is 8.78 Å². The molecule has 2 unspecified atom stereocenters. The van der Waals surface area contributed by atoms with Crippen LogP contribution in [0.3, 0.4) is 0 Å². The van der Waals surface area contributed by atoms with E-state index in [0.29, 0.717) is 11.5 Å². The van der Waals surface area contributed by atoms with Crippen molar-refractivity contribution in [3.63, 3.8) is 0 Å². The molecule has 20 heavy (non-hydrogen) atoms. The van der Waals surface area contributed by atoms with Gasteiger partial charge in [0.05, 0.1) is 0 Å². The van der Waals surface area contributed by atoms with Gasteiger partial charge >= 0.3 is 0 Å². The lowest BCUT2D eigenvalue weighted by Crippen LogP contribution is -2.39. The minimum atomic E-state index is -0.516. The van der Waals surface area contributed by atoms with Crippen molar-refractivity contribution in [2.24, 2.45) is 5.92 Å². The number of nitrogens with zero attached hydrogens (tertiary/aromatic N) is 1. The van der Waals surface area contributed by atoms with Crippen LogP contribution in [0.2, 0.25) is 0 Å². The normalized spacial score (nSPS) is 21.1. The molecule has 0 aromatic heterocycles. The Labute approximate surface area is 120 Å². The van der Waals surface area contributed by atoms with Crippen LogP contribution in [0.4, 0.5) is 8.78 Å². The first kappa shape index (κ1) is 15.4. The van der Waals surface area contributed by atoms with Crippen LogP contribution < -0.4 is 5.32 Å². The van der Waals surface area contributed by atoms with Gasteiger partial charge in [-0.05, 0) is 51.4 Å². The van der Waals surface area contributed by atoms with Gasteiger partial charge in [-0.1, -0.05) is 13.0 Å². The van der Waals surface area contributed by atoms with Crippen molar-refractivity contribution in [3.05, 3.63) is 35.4 Å². The molecule has 4 heteroatoms. The van der Waals surface area contributed by atoms with Crippen molar-refractivity contribution in [1.82, 2.24) is 10.2 Å². The number of nitrogens with one attached hydrogen (secondary N) is 1. The van der Waals surface area contributed by atoms with Gasteiger partial charge in [0.25, 0.3) is 0 Å². The molecule has 0 amide bonds. The summed E-state index contributed by atoms with van der Waals surface area (Å²) in [4.78, 5) is 2.27. The Morgan fingerprint density at radius 2 is 2.20 bits per heavy atom. The van der Waals surface area contributed by atoms with Crippen LogP contribution >= 0.6 is 0 Å². The predicted molar refractivity (Wildman–Crippen MR) is 77.6 cm³/mol. The van der Waals surface area contributed by atoms with Crippen molar-refractivity contribution < 1.29 is 8.78 Å². The molecule has 1 N–H and O–H groups in total. The standard InChI is InChI=1S/C16H24F2N2/c1-3-20(11-13-5-4-8-19-10-13)12(2)15-7-6-14(17)9-16(15)18/h6-7,9,12-13,19H,3-5,8,10-11H2,1-2H3. The fourth-order valence-electron chi connectivity index (χ4n) is 3.01. The highest BCUT2D eigenvalue weighted by atomic mass is 19.1. The fourth-order valence-corrected chi connectivity index (χ4v) is 3.01. The summed E-state index contributed by atoms with van der Waals surface area (Å²) < 4.78 is 26.9. The summed E-state index contributed by atoms with van der Waals surface area (Å²) in [5, 5.41) is 3.41. The Morgan fingerprint density at radius 1 is 1.40 bits per heavy atom. The second-order valence-electron chi connectivity index (χ2n) is 5.64. The van der Waals surface area contributed by atoms with E-state index in [1.807, 2.05) is 6.92 Å². The van der Waals surface area contributed by atoms with Crippen molar-refractivity contribution in [3.8, 4) is 0 Å². The number of rotatable bonds is 5. The van der Waals surface area contributed by atoms with E-state index in [1.165, 1.54) is 18.9 Å². The van der Waals surface area contributed by atoms with Gasteiger partial charge in [-0.25, -0.2) is 8.78 Å². The average Bonchev–Trinajstić information content (AvgIpc) is 2.45. The number of benzene rings is 1. The molecule has 1 aliphatic heterocycles. The number of piperidine rings is 1. The quantitative estimate of drug-likeness (QED) is 0.891. The largest absolute Gasteiger partial charge is 0.316 e. The maximum absolute atomic E-state index is 13.9. The third-order valence-corrected chi connectivity index (χ3v) is 4.26. The first-order valence-electron chi connectivity index (χ1n) is 7.51. The second-order valence-corrected chi connectivity index (χ2v) is 5.64. The van der Waals surface area contributed by atoms with E-state index >= 15 is 0 Å². The molecule has 2 atom stereocenters. The first-order chi connectivity index (χ1) is 9.61. The molecule has 1 aromatic rings. The highest BCUT2D eigenvalue weighted by molar-refractivity contribution is 5.21. The highest BCUT2D eigenvalue weighted by Crippen LogP contribution is 2.25. The van der Waals surface area contributed by atoms with Crippen molar-refractivity contribution >= 4 is 0 Å². The zero-order valence-electron chi connectivity index (χ0n) is 12.3. The summed E-state index contributed by atoms with van der Waals surface area (Å²) in [5.74, 6) is -0.342. The van der Waals surface area contributed by atoms with E-state index in [1.54, 1.807) is 6.07 Å². The van der Waals surface area contributed by atoms with Gasteiger partial charge in [-0.15, -0.1) is 0 Å². The van der Waals surface area contributed by atoms with E-state index in [-0.39, 0.29) is 6.04 Å². The zero-order chi connectivity index (χ0) is 14.5. The van der Waals surface area contributed by atoms with Gasteiger partial charge in [-0.3, -0.25) is 4.90 Å². The summed E-state index contributed by atoms with van der Waals surface area (Å²) in [6.45, 7) is 8.06. The molecule has 1 saturated heterocycles. The van der Waals surface area contributed by atoms with E-state index in [2.05, 4.69) is 17.1 Å². The van der Waals surface area contributed by atoms with E-state index in [4.69, 9.17) is 0 Å². The summed E-state index contributed by atoms with van der Waals surface area (Å²) in [5.41, 5.74) is 0.581. The zero-order valence-corrected chi connectivity index (χ0v) is 12.3. The van der Waals surface area contributed by atoms with Crippen molar-refractivity contribution in [1.29, 1.82) is 0 Å². The predicted octanol–water partition coefficient (Wildman–Crippen LogP) is 3.35. The molecule has 1 aliphatic rings. The van der Waals surface area contributed by atoms with Crippen LogP contribution in [-0.4, -0.2) is 31.1 Å². The third kappa shape index (κ3) is 3.76. The Morgan fingerprint density at radius 3 is 2.80 bits per heavy atom. The minimum Gasteiger partial charge on any atom is -0.316 e.